The maximum atomic E-state index is 12.0. The maximum absolute atomic E-state index is 12.0. The van der Waals surface area contributed by atoms with E-state index in [0.717, 1.165) is 11.3 Å². The highest BCUT2D eigenvalue weighted by Gasteiger charge is 2.25. The normalized spacial score (nSPS) is 18.4. The molecule has 1 heterocycles. The number of carbonyl (C=O) groups is 1. The van der Waals surface area contributed by atoms with Gasteiger partial charge < -0.3 is 10.1 Å². The molecule has 0 fully saturated rings. The number of ether oxygens (including phenoxy) is 1. The van der Waals surface area contributed by atoms with Gasteiger partial charge in [-0.3, -0.25) is 0 Å². The lowest BCUT2D eigenvalue weighted by Gasteiger charge is -2.20. The molecular formula is C14H14BrNO2. The average molecular weight is 308 g/mol. The summed E-state index contributed by atoms with van der Waals surface area (Å²) in [7, 11) is 0. The van der Waals surface area contributed by atoms with Gasteiger partial charge in [0, 0.05) is 0 Å². The van der Waals surface area contributed by atoms with Gasteiger partial charge in [-0.05, 0) is 18.7 Å². The summed E-state index contributed by atoms with van der Waals surface area (Å²) in [6.07, 6.45) is 3.70. The van der Waals surface area contributed by atoms with E-state index in [4.69, 9.17) is 4.74 Å². The molecule has 4 heteroatoms. The van der Waals surface area contributed by atoms with Crippen molar-refractivity contribution in [2.45, 2.75) is 11.8 Å². The number of rotatable bonds is 3. The molecule has 1 aliphatic rings. The second-order valence-corrected chi connectivity index (χ2v) is 4.77. The summed E-state index contributed by atoms with van der Waals surface area (Å²) in [5.41, 5.74) is 2.36. The highest BCUT2D eigenvalue weighted by Crippen LogP contribution is 2.27. The lowest BCUT2D eigenvalue weighted by atomic mass is 10.0. The number of dihydropyridines is 1. The number of hydrogen-bond acceptors (Lipinski definition) is 3. The van der Waals surface area contributed by atoms with Crippen LogP contribution in [0.1, 0.15) is 12.5 Å². The molecule has 0 saturated heterocycles. The molecule has 1 aromatic carbocycles. The van der Waals surface area contributed by atoms with E-state index in [9.17, 15) is 4.79 Å². The van der Waals surface area contributed by atoms with Gasteiger partial charge in [0.2, 0.25) is 0 Å². The maximum Gasteiger partial charge on any atom is 0.337 e. The second-order valence-electron chi connectivity index (χ2n) is 3.78. The van der Waals surface area contributed by atoms with Crippen LogP contribution in [0.4, 0.5) is 0 Å². The number of benzene rings is 1. The van der Waals surface area contributed by atoms with Gasteiger partial charge in [0.15, 0.2) is 0 Å². The molecular weight excluding hydrogens is 294 g/mol. The fraction of sp³-hybridized carbons (Fsp3) is 0.214. The molecule has 1 aliphatic heterocycles. The predicted molar refractivity (Wildman–Crippen MR) is 75.0 cm³/mol. The molecule has 1 N–H and O–H groups in total. The smallest absolute Gasteiger partial charge is 0.337 e. The summed E-state index contributed by atoms with van der Waals surface area (Å²) >= 11 is 3.48. The van der Waals surface area contributed by atoms with Crippen molar-refractivity contribution in [3.05, 3.63) is 53.7 Å². The molecule has 1 unspecified atom stereocenters. The van der Waals surface area contributed by atoms with E-state index in [1.54, 1.807) is 6.92 Å². The summed E-state index contributed by atoms with van der Waals surface area (Å²) in [6, 6.07) is 9.74. The van der Waals surface area contributed by atoms with Crippen molar-refractivity contribution in [1.82, 2.24) is 5.32 Å². The van der Waals surface area contributed by atoms with Crippen molar-refractivity contribution in [2.24, 2.45) is 0 Å². The Kier molecular flexibility index (Phi) is 4.20. The van der Waals surface area contributed by atoms with Gasteiger partial charge in [-0.2, -0.15) is 0 Å². The van der Waals surface area contributed by atoms with Gasteiger partial charge in [-0.25, -0.2) is 4.79 Å². The zero-order valence-electron chi connectivity index (χ0n) is 10.0. The predicted octanol–water partition coefficient (Wildman–Crippen LogP) is 2.84. The first-order chi connectivity index (χ1) is 8.74. The van der Waals surface area contributed by atoms with E-state index in [-0.39, 0.29) is 10.8 Å². The number of alkyl halides is 1. The summed E-state index contributed by atoms with van der Waals surface area (Å²) < 4.78 is 5.10. The number of esters is 1. The number of halogens is 1. The lowest BCUT2D eigenvalue weighted by Crippen LogP contribution is -2.24. The van der Waals surface area contributed by atoms with Gasteiger partial charge in [-0.15, -0.1) is 0 Å². The number of allylic oxidation sites excluding steroid dienone is 1. The fourth-order valence-electron chi connectivity index (χ4n) is 1.79. The van der Waals surface area contributed by atoms with Crippen molar-refractivity contribution in [3.8, 4) is 0 Å². The first-order valence-electron chi connectivity index (χ1n) is 5.78. The lowest BCUT2D eigenvalue weighted by molar-refractivity contribution is -0.138. The third-order valence-electron chi connectivity index (χ3n) is 2.60. The highest BCUT2D eigenvalue weighted by molar-refractivity contribution is 9.09. The van der Waals surface area contributed by atoms with Crippen LogP contribution in [0.5, 0.6) is 0 Å². The Labute approximate surface area is 115 Å². The third-order valence-corrected chi connectivity index (χ3v) is 3.36. The highest BCUT2D eigenvalue weighted by atomic mass is 79.9. The third kappa shape index (κ3) is 2.64. The SMILES string of the molecule is CCOC(=O)C1=C(c2ccccc2)NC=CC1Br. The van der Waals surface area contributed by atoms with Crippen molar-refractivity contribution in [3.63, 3.8) is 0 Å². The Morgan fingerprint density at radius 1 is 1.39 bits per heavy atom. The molecule has 2 rings (SSSR count). The summed E-state index contributed by atoms with van der Waals surface area (Å²) in [5, 5.41) is 3.12. The zero-order chi connectivity index (χ0) is 13.0. The van der Waals surface area contributed by atoms with Crippen molar-refractivity contribution in [2.75, 3.05) is 6.61 Å². The van der Waals surface area contributed by atoms with Crippen molar-refractivity contribution in [1.29, 1.82) is 0 Å². The summed E-state index contributed by atoms with van der Waals surface area (Å²) in [5.74, 6) is -0.296. The molecule has 0 aliphatic carbocycles. The summed E-state index contributed by atoms with van der Waals surface area (Å²) in [4.78, 5) is 11.9. The molecule has 94 valence electrons. The Hall–Kier alpha value is -1.55. The first-order valence-corrected chi connectivity index (χ1v) is 6.69. The summed E-state index contributed by atoms with van der Waals surface area (Å²) in [6.45, 7) is 2.17. The quantitative estimate of drug-likeness (QED) is 0.689. The van der Waals surface area contributed by atoms with Crippen LogP contribution < -0.4 is 5.32 Å². The van der Waals surface area contributed by atoms with Crippen LogP contribution in [0, 0.1) is 0 Å². The second kappa shape index (κ2) is 5.87. The van der Waals surface area contributed by atoms with Gasteiger partial charge in [0.05, 0.1) is 22.7 Å². The molecule has 0 aromatic heterocycles. The topological polar surface area (TPSA) is 38.3 Å². The number of nitrogens with one attached hydrogen (secondary N) is 1. The minimum absolute atomic E-state index is 0.131. The fourth-order valence-corrected chi connectivity index (χ4v) is 2.36. The molecule has 0 spiro atoms. The monoisotopic (exact) mass is 307 g/mol. The molecule has 1 atom stereocenters. The van der Waals surface area contributed by atoms with Gasteiger partial charge in [-0.1, -0.05) is 52.3 Å². The van der Waals surface area contributed by atoms with Gasteiger partial charge in [0.25, 0.3) is 0 Å². The van der Waals surface area contributed by atoms with Crippen LogP contribution >= 0.6 is 15.9 Å². The molecule has 0 saturated carbocycles. The van der Waals surface area contributed by atoms with Crippen LogP contribution in [0.3, 0.4) is 0 Å². The molecule has 3 nitrogen and oxygen atoms in total. The van der Waals surface area contributed by atoms with Crippen LogP contribution in [0.25, 0.3) is 5.70 Å². The first kappa shape index (κ1) is 12.9. The Morgan fingerprint density at radius 3 is 2.78 bits per heavy atom. The van der Waals surface area contributed by atoms with Gasteiger partial charge in [0.1, 0.15) is 0 Å². The van der Waals surface area contributed by atoms with Crippen LogP contribution in [-0.2, 0) is 9.53 Å². The Balaban J connectivity index is 2.44. The Bertz CT molecular complexity index is 494. The van der Waals surface area contributed by atoms with E-state index in [1.807, 2.05) is 42.6 Å². The van der Waals surface area contributed by atoms with E-state index in [2.05, 4.69) is 21.2 Å². The van der Waals surface area contributed by atoms with Crippen molar-refractivity contribution < 1.29 is 9.53 Å². The zero-order valence-corrected chi connectivity index (χ0v) is 11.6. The van der Waals surface area contributed by atoms with E-state index in [1.165, 1.54) is 0 Å². The molecule has 0 radical (unpaired) electrons. The number of carbonyl (C=O) groups excluding carboxylic acids is 1. The van der Waals surface area contributed by atoms with Crippen LogP contribution in [-0.4, -0.2) is 17.4 Å². The number of hydrogen-bond donors (Lipinski definition) is 1. The van der Waals surface area contributed by atoms with Crippen LogP contribution in [0.15, 0.2) is 48.2 Å². The van der Waals surface area contributed by atoms with Crippen molar-refractivity contribution >= 4 is 27.6 Å². The molecule has 0 amide bonds. The van der Waals surface area contributed by atoms with E-state index < -0.39 is 0 Å². The van der Waals surface area contributed by atoms with Crippen LogP contribution in [0.2, 0.25) is 0 Å². The molecule has 0 bridgehead atoms. The van der Waals surface area contributed by atoms with E-state index >= 15 is 0 Å². The van der Waals surface area contributed by atoms with E-state index in [0.29, 0.717) is 12.2 Å². The Morgan fingerprint density at radius 2 is 2.11 bits per heavy atom. The average Bonchev–Trinajstić information content (AvgIpc) is 2.39. The largest absolute Gasteiger partial charge is 0.463 e. The standard InChI is InChI=1S/C14H14BrNO2/c1-2-18-14(17)12-11(15)8-9-16-13(12)10-6-4-3-5-7-10/h3-9,11,16H,2H2,1H3. The minimum Gasteiger partial charge on any atom is -0.463 e. The molecule has 18 heavy (non-hydrogen) atoms. The minimum atomic E-state index is -0.296. The molecule has 1 aromatic rings. The van der Waals surface area contributed by atoms with Gasteiger partial charge >= 0.3 is 5.97 Å².